The number of nitrogen functional groups attached to an aromatic ring is 1. The highest BCUT2D eigenvalue weighted by Gasteiger charge is 2.10. The lowest BCUT2D eigenvalue weighted by Gasteiger charge is -2.07. The molecule has 0 unspecified atom stereocenters. The summed E-state index contributed by atoms with van der Waals surface area (Å²) in [5.41, 5.74) is 6.49. The number of nitrogens with two attached hydrogens (primary N) is 1. The molecule has 2 N–H and O–H groups in total. The van der Waals surface area contributed by atoms with Crippen molar-refractivity contribution in [2.45, 2.75) is 6.61 Å². The van der Waals surface area contributed by atoms with Gasteiger partial charge in [0.2, 0.25) is 0 Å². The topological polar surface area (TPSA) is 78.9 Å². The quantitative estimate of drug-likeness (QED) is 0.783. The van der Waals surface area contributed by atoms with Crippen LogP contribution in [0, 0.1) is 5.82 Å². The van der Waals surface area contributed by atoms with E-state index in [0.29, 0.717) is 32.9 Å². The molecule has 0 aliphatic carbocycles. The van der Waals surface area contributed by atoms with Crippen LogP contribution in [0.25, 0.3) is 11.0 Å². The summed E-state index contributed by atoms with van der Waals surface area (Å²) >= 11 is 3.20. The molecule has 0 radical (unpaired) electrons. The average Bonchev–Trinajstić information content (AvgIpc) is 2.78. The minimum absolute atomic E-state index is 0.0845. The molecule has 1 aromatic carbocycles. The van der Waals surface area contributed by atoms with E-state index in [4.69, 9.17) is 10.5 Å². The maximum absolute atomic E-state index is 13.3. The Morgan fingerprint density at radius 3 is 2.90 bits per heavy atom. The molecule has 0 saturated carbocycles. The average molecular weight is 352 g/mol. The van der Waals surface area contributed by atoms with Crippen molar-refractivity contribution in [1.29, 1.82) is 0 Å². The lowest BCUT2D eigenvalue weighted by molar-refractivity contribution is 0.294. The van der Waals surface area contributed by atoms with Crippen molar-refractivity contribution in [3.63, 3.8) is 0 Å². The first-order valence-corrected chi connectivity index (χ1v) is 6.85. The zero-order chi connectivity index (χ0) is 15.0. The van der Waals surface area contributed by atoms with E-state index in [2.05, 4.69) is 31.0 Å². The van der Waals surface area contributed by atoms with Gasteiger partial charge >= 0.3 is 0 Å². The molecule has 3 rings (SSSR count). The Morgan fingerprint density at radius 2 is 2.14 bits per heavy atom. The van der Waals surface area contributed by atoms with Gasteiger partial charge in [-0.25, -0.2) is 14.4 Å². The standard InChI is InChI=1S/C13H11BrFN5O/c1-20-13-10(5-17-20)12(16)18-11(19-13)6-21-9-3-7(14)2-8(15)4-9/h2-5H,6H2,1H3,(H2,16,18,19). The minimum atomic E-state index is -0.387. The van der Waals surface area contributed by atoms with Crippen LogP contribution in [-0.2, 0) is 13.7 Å². The van der Waals surface area contributed by atoms with Crippen molar-refractivity contribution in [2.24, 2.45) is 7.05 Å². The number of hydrogen-bond acceptors (Lipinski definition) is 5. The molecule has 21 heavy (non-hydrogen) atoms. The van der Waals surface area contributed by atoms with Gasteiger partial charge in [0, 0.05) is 17.6 Å². The first-order valence-electron chi connectivity index (χ1n) is 6.06. The summed E-state index contributed by atoms with van der Waals surface area (Å²) in [4.78, 5) is 8.49. The molecular formula is C13H11BrFN5O. The first-order chi connectivity index (χ1) is 10.0. The second-order valence-corrected chi connectivity index (χ2v) is 5.34. The number of hydrogen-bond donors (Lipinski definition) is 1. The van der Waals surface area contributed by atoms with Gasteiger partial charge in [-0.2, -0.15) is 5.10 Å². The van der Waals surface area contributed by atoms with E-state index in [1.807, 2.05) is 0 Å². The summed E-state index contributed by atoms with van der Waals surface area (Å²) < 4.78 is 21.0. The molecule has 0 aliphatic rings. The number of ether oxygens (including phenoxy) is 1. The van der Waals surface area contributed by atoms with Crippen molar-refractivity contribution >= 4 is 32.8 Å². The number of aromatic nitrogens is 4. The van der Waals surface area contributed by atoms with E-state index >= 15 is 0 Å². The molecule has 0 fully saturated rings. The fraction of sp³-hybridized carbons (Fsp3) is 0.154. The first kappa shape index (κ1) is 13.7. The number of aryl methyl sites for hydroxylation is 1. The molecule has 0 amide bonds. The number of halogens is 2. The Morgan fingerprint density at radius 1 is 1.33 bits per heavy atom. The molecule has 0 aliphatic heterocycles. The Labute approximate surface area is 127 Å². The Hall–Kier alpha value is -2.22. The van der Waals surface area contributed by atoms with Gasteiger partial charge in [-0.05, 0) is 12.1 Å². The van der Waals surface area contributed by atoms with Crippen molar-refractivity contribution in [3.8, 4) is 5.75 Å². The van der Waals surface area contributed by atoms with Crippen LogP contribution < -0.4 is 10.5 Å². The lowest BCUT2D eigenvalue weighted by atomic mass is 10.3. The summed E-state index contributed by atoms with van der Waals surface area (Å²) in [7, 11) is 1.77. The molecule has 2 heterocycles. The second-order valence-electron chi connectivity index (χ2n) is 4.42. The molecule has 0 atom stereocenters. The molecule has 3 aromatic rings. The maximum atomic E-state index is 13.3. The van der Waals surface area contributed by atoms with Crippen LogP contribution in [-0.4, -0.2) is 19.7 Å². The summed E-state index contributed by atoms with van der Waals surface area (Å²) in [5, 5.41) is 4.77. The van der Waals surface area contributed by atoms with Gasteiger partial charge in [-0.3, -0.25) is 4.68 Å². The Balaban J connectivity index is 1.86. The number of anilines is 1. The van der Waals surface area contributed by atoms with Crippen LogP contribution in [0.5, 0.6) is 5.75 Å². The van der Waals surface area contributed by atoms with E-state index in [1.165, 1.54) is 12.1 Å². The zero-order valence-electron chi connectivity index (χ0n) is 11.0. The van der Waals surface area contributed by atoms with Gasteiger partial charge in [-0.1, -0.05) is 15.9 Å². The Kier molecular flexibility index (Phi) is 3.46. The van der Waals surface area contributed by atoms with Gasteiger partial charge < -0.3 is 10.5 Å². The van der Waals surface area contributed by atoms with Crippen molar-refractivity contribution in [3.05, 3.63) is 40.5 Å². The molecule has 2 aromatic heterocycles. The predicted molar refractivity (Wildman–Crippen MR) is 79.1 cm³/mol. The van der Waals surface area contributed by atoms with Crippen molar-refractivity contribution in [1.82, 2.24) is 19.7 Å². The van der Waals surface area contributed by atoms with E-state index in [9.17, 15) is 4.39 Å². The Bertz CT molecular complexity index is 799. The number of benzene rings is 1. The van der Waals surface area contributed by atoms with Gasteiger partial charge in [-0.15, -0.1) is 0 Å². The van der Waals surface area contributed by atoms with E-state index < -0.39 is 0 Å². The minimum Gasteiger partial charge on any atom is -0.485 e. The third-order valence-electron chi connectivity index (χ3n) is 2.87. The molecule has 0 bridgehead atoms. The highest BCUT2D eigenvalue weighted by Crippen LogP contribution is 2.22. The van der Waals surface area contributed by atoms with Crippen LogP contribution in [0.15, 0.2) is 28.9 Å². The number of nitrogens with zero attached hydrogens (tertiary/aromatic N) is 4. The number of fused-ring (bicyclic) bond motifs is 1. The number of rotatable bonds is 3. The normalized spacial score (nSPS) is 11.0. The van der Waals surface area contributed by atoms with E-state index in [0.717, 1.165) is 0 Å². The maximum Gasteiger partial charge on any atom is 0.170 e. The van der Waals surface area contributed by atoms with E-state index in [1.54, 1.807) is 24.0 Å². The molecule has 6 nitrogen and oxygen atoms in total. The van der Waals surface area contributed by atoms with Crippen LogP contribution >= 0.6 is 15.9 Å². The molecule has 0 spiro atoms. The summed E-state index contributed by atoms with van der Waals surface area (Å²) in [5.74, 6) is 0.743. The van der Waals surface area contributed by atoms with Crippen LogP contribution in [0.2, 0.25) is 0 Å². The fourth-order valence-electron chi connectivity index (χ4n) is 1.92. The summed E-state index contributed by atoms with van der Waals surface area (Å²) in [6.45, 7) is 0.0845. The fourth-order valence-corrected chi connectivity index (χ4v) is 2.36. The van der Waals surface area contributed by atoms with Gasteiger partial charge in [0.1, 0.15) is 24.0 Å². The highest BCUT2D eigenvalue weighted by atomic mass is 79.9. The van der Waals surface area contributed by atoms with Crippen LogP contribution in [0.3, 0.4) is 0 Å². The van der Waals surface area contributed by atoms with Crippen molar-refractivity contribution < 1.29 is 9.13 Å². The molecule has 0 saturated heterocycles. The molecule has 108 valence electrons. The van der Waals surface area contributed by atoms with Crippen LogP contribution in [0.4, 0.5) is 10.2 Å². The van der Waals surface area contributed by atoms with Gasteiger partial charge in [0.25, 0.3) is 0 Å². The molecule has 8 heteroatoms. The largest absolute Gasteiger partial charge is 0.485 e. The van der Waals surface area contributed by atoms with Crippen LogP contribution in [0.1, 0.15) is 5.82 Å². The van der Waals surface area contributed by atoms with Gasteiger partial charge in [0.15, 0.2) is 11.5 Å². The molecular weight excluding hydrogens is 341 g/mol. The monoisotopic (exact) mass is 351 g/mol. The summed E-state index contributed by atoms with van der Waals surface area (Å²) in [6.07, 6.45) is 1.61. The smallest absolute Gasteiger partial charge is 0.170 e. The second kappa shape index (κ2) is 5.28. The van der Waals surface area contributed by atoms with Crippen molar-refractivity contribution in [2.75, 3.05) is 5.73 Å². The zero-order valence-corrected chi connectivity index (χ0v) is 12.6. The summed E-state index contributed by atoms with van der Waals surface area (Å²) in [6, 6.07) is 4.30. The predicted octanol–water partition coefficient (Wildman–Crippen LogP) is 2.43. The third kappa shape index (κ3) is 2.80. The third-order valence-corrected chi connectivity index (χ3v) is 3.33. The highest BCUT2D eigenvalue weighted by molar-refractivity contribution is 9.10. The SMILES string of the molecule is Cn1ncc2c(N)nc(COc3cc(F)cc(Br)c3)nc21. The van der Waals surface area contributed by atoms with E-state index in [-0.39, 0.29) is 12.4 Å². The van der Waals surface area contributed by atoms with Gasteiger partial charge in [0.05, 0.1) is 11.6 Å². The lowest BCUT2D eigenvalue weighted by Crippen LogP contribution is -2.06.